The summed E-state index contributed by atoms with van der Waals surface area (Å²) < 4.78 is 4.47. The van der Waals surface area contributed by atoms with Crippen molar-refractivity contribution in [2.45, 2.75) is 13.0 Å². The Morgan fingerprint density at radius 3 is 2.46 bits per heavy atom. The number of hydrogen-bond acceptors (Lipinski definition) is 4. The third-order valence-electron chi connectivity index (χ3n) is 1.89. The van der Waals surface area contributed by atoms with E-state index in [9.17, 15) is 9.59 Å². The largest absolute Gasteiger partial charge is 0.468 e. The minimum Gasteiger partial charge on any atom is -0.468 e. The highest BCUT2D eigenvalue weighted by molar-refractivity contribution is 5.81. The lowest BCUT2D eigenvalue weighted by Gasteiger charge is -2.21. The lowest BCUT2D eigenvalue weighted by Crippen LogP contribution is -2.44. The van der Waals surface area contributed by atoms with Crippen molar-refractivity contribution >= 4 is 11.9 Å². The smallest absolute Gasteiger partial charge is 0.319 e. The standard InChI is InChI=1S/C8H16N2O3/c1-6(8(12)9-2)10(3)5-7(11)13-4/h6H,5H2,1-4H3,(H,9,12). The van der Waals surface area contributed by atoms with Crippen LogP contribution in [0.15, 0.2) is 0 Å². The fourth-order valence-corrected chi connectivity index (χ4v) is 0.814. The molecule has 13 heavy (non-hydrogen) atoms. The van der Waals surface area contributed by atoms with Gasteiger partial charge in [-0.1, -0.05) is 0 Å². The molecular formula is C8H16N2O3. The third-order valence-corrected chi connectivity index (χ3v) is 1.89. The van der Waals surface area contributed by atoms with Crippen molar-refractivity contribution < 1.29 is 14.3 Å². The summed E-state index contributed by atoms with van der Waals surface area (Å²) in [6, 6.07) is -0.330. The van der Waals surface area contributed by atoms with E-state index in [1.807, 2.05) is 0 Å². The molecule has 0 bridgehead atoms. The molecular weight excluding hydrogens is 172 g/mol. The second-order valence-electron chi connectivity index (χ2n) is 2.78. The molecule has 1 unspecified atom stereocenters. The molecule has 1 amide bonds. The van der Waals surface area contributed by atoms with Crippen LogP contribution in [0, 0.1) is 0 Å². The fraction of sp³-hybridized carbons (Fsp3) is 0.750. The van der Waals surface area contributed by atoms with Crippen molar-refractivity contribution in [3.05, 3.63) is 0 Å². The zero-order chi connectivity index (χ0) is 10.4. The Bertz CT molecular complexity index is 194. The van der Waals surface area contributed by atoms with Crippen molar-refractivity contribution in [3.63, 3.8) is 0 Å². The number of hydrogen-bond donors (Lipinski definition) is 1. The monoisotopic (exact) mass is 188 g/mol. The van der Waals surface area contributed by atoms with Gasteiger partial charge in [-0.3, -0.25) is 14.5 Å². The molecule has 5 heteroatoms. The molecule has 0 aliphatic rings. The van der Waals surface area contributed by atoms with E-state index in [2.05, 4.69) is 10.1 Å². The van der Waals surface area contributed by atoms with Gasteiger partial charge in [0.05, 0.1) is 19.7 Å². The molecule has 0 heterocycles. The minimum atomic E-state index is -0.349. The third kappa shape index (κ3) is 3.89. The minimum absolute atomic E-state index is 0.116. The highest BCUT2D eigenvalue weighted by Gasteiger charge is 2.18. The normalized spacial score (nSPS) is 12.4. The van der Waals surface area contributed by atoms with E-state index in [1.165, 1.54) is 7.11 Å². The number of carbonyl (C=O) groups is 2. The Morgan fingerprint density at radius 2 is 2.08 bits per heavy atom. The van der Waals surface area contributed by atoms with Crippen molar-refractivity contribution in [1.82, 2.24) is 10.2 Å². The topological polar surface area (TPSA) is 58.6 Å². The maximum absolute atomic E-state index is 11.1. The summed E-state index contributed by atoms with van der Waals surface area (Å²) in [4.78, 5) is 23.6. The van der Waals surface area contributed by atoms with Crippen LogP contribution < -0.4 is 5.32 Å². The number of likely N-dealkylation sites (N-methyl/N-ethyl adjacent to an activating group) is 2. The van der Waals surface area contributed by atoms with Crippen molar-refractivity contribution in [1.29, 1.82) is 0 Å². The summed E-state index contributed by atoms with van der Waals surface area (Å²) in [6.45, 7) is 1.84. The van der Waals surface area contributed by atoms with Gasteiger partial charge >= 0.3 is 5.97 Å². The van der Waals surface area contributed by atoms with Gasteiger partial charge in [0.15, 0.2) is 0 Å². The number of amides is 1. The first-order valence-corrected chi connectivity index (χ1v) is 4.01. The van der Waals surface area contributed by atoms with Gasteiger partial charge in [-0.2, -0.15) is 0 Å². The van der Waals surface area contributed by atoms with Gasteiger partial charge in [0.1, 0.15) is 0 Å². The molecule has 0 aromatic carbocycles. The van der Waals surface area contributed by atoms with Crippen LogP contribution >= 0.6 is 0 Å². The van der Waals surface area contributed by atoms with Gasteiger partial charge < -0.3 is 10.1 Å². The first-order chi connectivity index (χ1) is 6.02. The van der Waals surface area contributed by atoms with Crippen molar-refractivity contribution in [3.8, 4) is 0 Å². The van der Waals surface area contributed by atoms with Crippen LogP contribution in [-0.2, 0) is 14.3 Å². The predicted molar refractivity (Wildman–Crippen MR) is 48.2 cm³/mol. The van der Waals surface area contributed by atoms with E-state index in [1.54, 1.807) is 25.9 Å². The molecule has 0 aliphatic carbocycles. The van der Waals surface area contributed by atoms with Crippen LogP contribution in [0.4, 0.5) is 0 Å². The molecule has 0 radical (unpaired) electrons. The average Bonchev–Trinajstić information content (AvgIpc) is 2.14. The number of carbonyl (C=O) groups excluding carboxylic acids is 2. The van der Waals surface area contributed by atoms with E-state index in [4.69, 9.17) is 0 Å². The van der Waals surface area contributed by atoms with E-state index >= 15 is 0 Å². The molecule has 1 N–H and O–H groups in total. The summed E-state index contributed by atoms with van der Waals surface area (Å²) in [5, 5.41) is 2.50. The highest BCUT2D eigenvalue weighted by atomic mass is 16.5. The first-order valence-electron chi connectivity index (χ1n) is 4.01. The van der Waals surface area contributed by atoms with Gasteiger partial charge in [-0.05, 0) is 14.0 Å². The Hall–Kier alpha value is -1.10. The maximum atomic E-state index is 11.1. The molecule has 5 nitrogen and oxygen atoms in total. The summed E-state index contributed by atoms with van der Waals surface area (Å²) in [5.41, 5.74) is 0. The molecule has 0 saturated heterocycles. The van der Waals surface area contributed by atoms with Gasteiger partial charge in [-0.25, -0.2) is 0 Å². The Kier molecular flexibility index (Phi) is 5.06. The average molecular weight is 188 g/mol. The summed E-state index contributed by atoms with van der Waals surface area (Å²) in [5.74, 6) is -0.468. The SMILES string of the molecule is CNC(=O)C(C)N(C)CC(=O)OC. The van der Waals surface area contributed by atoms with Crippen LogP contribution in [0.25, 0.3) is 0 Å². The Labute approximate surface area is 78.0 Å². The Balaban J connectivity index is 4.02. The predicted octanol–water partition coefficient (Wildman–Crippen LogP) is -0.774. The van der Waals surface area contributed by atoms with Crippen LogP contribution in [0.2, 0.25) is 0 Å². The second-order valence-corrected chi connectivity index (χ2v) is 2.78. The zero-order valence-corrected chi connectivity index (χ0v) is 8.46. The molecule has 0 saturated carbocycles. The fourth-order valence-electron chi connectivity index (χ4n) is 0.814. The number of methoxy groups -OCH3 is 1. The molecule has 0 rings (SSSR count). The summed E-state index contributed by atoms with van der Waals surface area (Å²) >= 11 is 0. The quantitative estimate of drug-likeness (QED) is 0.588. The zero-order valence-electron chi connectivity index (χ0n) is 8.46. The van der Waals surface area contributed by atoms with E-state index in [-0.39, 0.29) is 24.5 Å². The van der Waals surface area contributed by atoms with Crippen molar-refractivity contribution in [2.75, 3.05) is 27.7 Å². The lowest BCUT2D eigenvalue weighted by atomic mass is 10.3. The molecule has 1 atom stereocenters. The van der Waals surface area contributed by atoms with Gasteiger partial charge in [0.25, 0.3) is 0 Å². The lowest BCUT2D eigenvalue weighted by molar-refractivity contribution is -0.142. The number of nitrogens with zero attached hydrogens (tertiary/aromatic N) is 1. The highest BCUT2D eigenvalue weighted by Crippen LogP contribution is 1.95. The van der Waals surface area contributed by atoms with E-state index < -0.39 is 0 Å². The number of esters is 1. The van der Waals surface area contributed by atoms with Crippen molar-refractivity contribution in [2.24, 2.45) is 0 Å². The first kappa shape index (κ1) is 11.9. The number of nitrogens with one attached hydrogen (secondary N) is 1. The second kappa shape index (κ2) is 5.53. The maximum Gasteiger partial charge on any atom is 0.319 e. The Morgan fingerprint density at radius 1 is 1.54 bits per heavy atom. The summed E-state index contributed by atoms with van der Waals surface area (Å²) in [6.07, 6.45) is 0. The molecule has 0 spiro atoms. The molecule has 0 aromatic heterocycles. The van der Waals surface area contributed by atoms with Gasteiger partial charge in [-0.15, -0.1) is 0 Å². The summed E-state index contributed by atoms with van der Waals surface area (Å²) in [7, 11) is 4.57. The van der Waals surface area contributed by atoms with Gasteiger partial charge in [0, 0.05) is 7.05 Å². The van der Waals surface area contributed by atoms with E-state index in [0.717, 1.165) is 0 Å². The molecule has 0 aromatic rings. The van der Waals surface area contributed by atoms with Crippen LogP contribution in [0.1, 0.15) is 6.92 Å². The van der Waals surface area contributed by atoms with Crippen LogP contribution in [-0.4, -0.2) is 50.6 Å². The number of rotatable bonds is 4. The number of ether oxygens (including phenoxy) is 1. The molecule has 76 valence electrons. The van der Waals surface area contributed by atoms with E-state index in [0.29, 0.717) is 0 Å². The molecule has 0 fully saturated rings. The van der Waals surface area contributed by atoms with Crippen LogP contribution in [0.3, 0.4) is 0 Å². The molecule has 0 aliphatic heterocycles. The van der Waals surface area contributed by atoms with Gasteiger partial charge in [0.2, 0.25) is 5.91 Å². The van der Waals surface area contributed by atoms with Crippen LogP contribution in [0.5, 0.6) is 0 Å².